The zero-order valence-electron chi connectivity index (χ0n) is 15.7. The number of amides is 1. The number of rotatable bonds is 6. The fourth-order valence-corrected chi connectivity index (χ4v) is 3.14. The highest BCUT2D eigenvalue weighted by Gasteiger charge is 2.19. The lowest BCUT2D eigenvalue weighted by Gasteiger charge is -2.15. The number of fused-ring (bicyclic) bond motifs is 1. The van der Waals surface area contributed by atoms with Crippen LogP contribution in [0, 0.1) is 0 Å². The van der Waals surface area contributed by atoms with Crippen LogP contribution in [0.5, 0.6) is 17.2 Å². The predicted octanol–water partition coefficient (Wildman–Crippen LogP) is 2.31. The van der Waals surface area contributed by atoms with Crippen LogP contribution >= 0.6 is 0 Å². The smallest absolute Gasteiger partial charge is 0.412 e. The Bertz CT molecular complexity index is 886. The molecule has 0 bridgehead atoms. The van der Waals surface area contributed by atoms with Crippen molar-refractivity contribution in [2.24, 2.45) is 0 Å². The largest absolute Gasteiger partial charge is 0.493 e. The number of carbonyl (C=O) groups is 1. The van der Waals surface area contributed by atoms with Crippen LogP contribution in [0.4, 0.5) is 4.79 Å². The van der Waals surface area contributed by atoms with Crippen molar-refractivity contribution < 1.29 is 23.7 Å². The summed E-state index contributed by atoms with van der Waals surface area (Å²) < 4.78 is 23.1. The van der Waals surface area contributed by atoms with E-state index in [1.165, 1.54) is 25.0 Å². The molecular weight excluding hydrogens is 352 g/mol. The van der Waals surface area contributed by atoms with Crippen LogP contribution in [0.3, 0.4) is 0 Å². The van der Waals surface area contributed by atoms with E-state index in [-0.39, 0.29) is 17.4 Å². The highest BCUT2D eigenvalue weighted by atomic mass is 16.6. The van der Waals surface area contributed by atoms with Crippen LogP contribution in [0.2, 0.25) is 0 Å². The summed E-state index contributed by atoms with van der Waals surface area (Å²) in [6, 6.07) is 3.23. The van der Waals surface area contributed by atoms with Gasteiger partial charge in [0.15, 0.2) is 17.2 Å². The van der Waals surface area contributed by atoms with Crippen molar-refractivity contribution in [1.29, 1.82) is 0 Å². The van der Waals surface area contributed by atoms with E-state index in [4.69, 9.17) is 18.9 Å². The molecule has 2 aromatic rings. The van der Waals surface area contributed by atoms with Gasteiger partial charge in [-0.05, 0) is 31.9 Å². The SMILES string of the molecule is CCn1cc(OC(=O)NCC2CCCO2)c2cc(OC)c(OC)cc2c1=O. The van der Waals surface area contributed by atoms with Gasteiger partial charge in [0, 0.05) is 25.1 Å². The third-order valence-electron chi connectivity index (χ3n) is 4.59. The summed E-state index contributed by atoms with van der Waals surface area (Å²) in [6.45, 7) is 3.39. The van der Waals surface area contributed by atoms with E-state index in [1.54, 1.807) is 12.1 Å². The molecule has 27 heavy (non-hydrogen) atoms. The van der Waals surface area contributed by atoms with Crippen molar-refractivity contribution in [2.75, 3.05) is 27.4 Å². The molecule has 0 spiro atoms. The number of carbonyl (C=O) groups excluding carboxylic acids is 1. The molecule has 1 aromatic heterocycles. The second-order valence-corrected chi connectivity index (χ2v) is 6.24. The monoisotopic (exact) mass is 376 g/mol. The van der Waals surface area contributed by atoms with Crippen LogP contribution in [0.25, 0.3) is 10.8 Å². The first-order valence-corrected chi connectivity index (χ1v) is 8.93. The zero-order chi connectivity index (χ0) is 19.4. The molecule has 1 amide bonds. The number of benzene rings is 1. The van der Waals surface area contributed by atoms with E-state index in [1.807, 2.05) is 6.92 Å². The average molecular weight is 376 g/mol. The van der Waals surface area contributed by atoms with E-state index in [0.29, 0.717) is 35.4 Å². The molecule has 1 unspecified atom stereocenters. The Labute approximate surface area is 157 Å². The molecule has 1 atom stereocenters. The van der Waals surface area contributed by atoms with Gasteiger partial charge >= 0.3 is 6.09 Å². The topological polar surface area (TPSA) is 88.0 Å². The minimum atomic E-state index is -0.595. The Kier molecular flexibility index (Phi) is 5.85. The maximum absolute atomic E-state index is 12.7. The van der Waals surface area contributed by atoms with Crippen molar-refractivity contribution in [1.82, 2.24) is 9.88 Å². The number of nitrogens with zero attached hydrogens (tertiary/aromatic N) is 1. The number of aryl methyl sites for hydroxylation is 1. The lowest BCUT2D eigenvalue weighted by Crippen LogP contribution is -2.34. The van der Waals surface area contributed by atoms with E-state index in [0.717, 1.165) is 19.4 Å². The molecule has 8 nitrogen and oxygen atoms in total. The number of aromatic nitrogens is 1. The van der Waals surface area contributed by atoms with Crippen molar-refractivity contribution >= 4 is 16.9 Å². The lowest BCUT2D eigenvalue weighted by atomic mass is 10.1. The van der Waals surface area contributed by atoms with Crippen LogP contribution in [0.1, 0.15) is 19.8 Å². The van der Waals surface area contributed by atoms with E-state index >= 15 is 0 Å². The van der Waals surface area contributed by atoms with Crippen LogP contribution < -0.4 is 25.1 Å². The third kappa shape index (κ3) is 4.00. The molecule has 1 aromatic carbocycles. The van der Waals surface area contributed by atoms with Gasteiger partial charge in [0.2, 0.25) is 0 Å². The van der Waals surface area contributed by atoms with E-state index in [9.17, 15) is 9.59 Å². The third-order valence-corrected chi connectivity index (χ3v) is 4.59. The predicted molar refractivity (Wildman–Crippen MR) is 100.0 cm³/mol. The van der Waals surface area contributed by atoms with Crippen LogP contribution in [0.15, 0.2) is 23.1 Å². The molecule has 0 radical (unpaired) electrons. The van der Waals surface area contributed by atoms with E-state index < -0.39 is 6.09 Å². The van der Waals surface area contributed by atoms with Crippen LogP contribution in [-0.2, 0) is 11.3 Å². The zero-order valence-corrected chi connectivity index (χ0v) is 15.7. The van der Waals surface area contributed by atoms with Crippen molar-refractivity contribution in [3.05, 3.63) is 28.7 Å². The summed E-state index contributed by atoms with van der Waals surface area (Å²) in [5.74, 6) is 1.16. The van der Waals surface area contributed by atoms with Gasteiger partial charge in [0.05, 0.1) is 31.9 Å². The van der Waals surface area contributed by atoms with Gasteiger partial charge in [0.25, 0.3) is 5.56 Å². The van der Waals surface area contributed by atoms with Gasteiger partial charge in [0.1, 0.15) is 0 Å². The van der Waals surface area contributed by atoms with Gasteiger partial charge in [-0.2, -0.15) is 0 Å². The molecule has 1 aliphatic heterocycles. The van der Waals surface area contributed by atoms with E-state index in [2.05, 4.69) is 5.32 Å². The first-order valence-electron chi connectivity index (χ1n) is 8.93. The molecule has 1 N–H and O–H groups in total. The summed E-state index contributed by atoms with van der Waals surface area (Å²) in [5, 5.41) is 3.58. The Morgan fingerprint density at radius 3 is 2.52 bits per heavy atom. The summed E-state index contributed by atoms with van der Waals surface area (Å²) in [5.41, 5.74) is -0.194. The highest BCUT2D eigenvalue weighted by Crippen LogP contribution is 2.34. The Morgan fingerprint density at radius 1 is 1.22 bits per heavy atom. The number of pyridine rings is 1. The number of hydrogen-bond acceptors (Lipinski definition) is 6. The summed E-state index contributed by atoms with van der Waals surface area (Å²) in [6.07, 6.45) is 2.87. The molecule has 8 heteroatoms. The van der Waals surface area contributed by atoms with Gasteiger partial charge < -0.3 is 28.8 Å². The molecule has 146 valence electrons. The minimum absolute atomic E-state index is 0.0169. The summed E-state index contributed by atoms with van der Waals surface area (Å²) in [4.78, 5) is 24.9. The average Bonchev–Trinajstić information content (AvgIpc) is 3.21. The molecule has 2 heterocycles. The van der Waals surface area contributed by atoms with Crippen molar-refractivity contribution in [2.45, 2.75) is 32.4 Å². The Morgan fingerprint density at radius 2 is 1.93 bits per heavy atom. The Hall–Kier alpha value is -2.74. The first-order chi connectivity index (χ1) is 13.1. The number of ether oxygens (including phenoxy) is 4. The minimum Gasteiger partial charge on any atom is -0.493 e. The molecule has 0 saturated carbocycles. The van der Waals surface area contributed by atoms with Crippen molar-refractivity contribution in [3.8, 4) is 17.2 Å². The van der Waals surface area contributed by atoms with Crippen LogP contribution in [-0.4, -0.2) is 44.1 Å². The van der Waals surface area contributed by atoms with Crippen molar-refractivity contribution in [3.63, 3.8) is 0 Å². The van der Waals surface area contributed by atoms with Gasteiger partial charge in [-0.25, -0.2) is 4.79 Å². The fraction of sp³-hybridized carbons (Fsp3) is 0.474. The fourth-order valence-electron chi connectivity index (χ4n) is 3.14. The normalized spacial score (nSPS) is 16.3. The first kappa shape index (κ1) is 19.0. The quantitative estimate of drug-likeness (QED) is 0.832. The van der Waals surface area contributed by atoms with Gasteiger partial charge in [-0.3, -0.25) is 4.79 Å². The molecule has 3 rings (SSSR count). The van der Waals surface area contributed by atoms with Gasteiger partial charge in [-0.15, -0.1) is 0 Å². The molecular formula is C19H24N2O6. The highest BCUT2D eigenvalue weighted by molar-refractivity contribution is 5.92. The standard InChI is InChI=1S/C19H24N2O6/c1-4-21-11-17(27-19(23)20-10-12-6-5-7-26-12)13-8-15(24-2)16(25-3)9-14(13)18(21)22/h8-9,11-12H,4-7,10H2,1-3H3,(H,20,23). The number of methoxy groups -OCH3 is 2. The van der Waals surface area contributed by atoms with Gasteiger partial charge in [-0.1, -0.05) is 0 Å². The maximum Gasteiger partial charge on any atom is 0.412 e. The molecule has 1 fully saturated rings. The molecule has 0 aliphatic carbocycles. The summed E-state index contributed by atoms with van der Waals surface area (Å²) in [7, 11) is 3.01. The second kappa shape index (κ2) is 8.30. The molecule has 1 saturated heterocycles. The Balaban J connectivity index is 1.93. The lowest BCUT2D eigenvalue weighted by molar-refractivity contribution is 0.108. The molecule has 1 aliphatic rings. The summed E-state index contributed by atoms with van der Waals surface area (Å²) >= 11 is 0. The number of nitrogens with one attached hydrogen (secondary N) is 1. The maximum atomic E-state index is 12.7. The number of hydrogen-bond donors (Lipinski definition) is 1. The second-order valence-electron chi connectivity index (χ2n) is 6.24.